The third kappa shape index (κ3) is 10.7. The molecule has 0 aliphatic rings. The third-order valence-corrected chi connectivity index (χ3v) is 3.39. The van der Waals surface area contributed by atoms with Gasteiger partial charge in [0.15, 0.2) is 0 Å². The van der Waals surface area contributed by atoms with E-state index in [0.29, 0.717) is 0 Å². The van der Waals surface area contributed by atoms with Crippen LogP contribution in [0.4, 0.5) is 0 Å². The number of hydrogen-bond donors (Lipinski definition) is 1. The maximum Gasteiger partial charge on any atom is 0.316 e. The van der Waals surface area contributed by atoms with Crippen molar-refractivity contribution in [3.05, 3.63) is 0 Å². The SMILES string of the molecule is CCCCCCCCCC(CC)O[PH](=O)O. The van der Waals surface area contributed by atoms with Crippen molar-refractivity contribution < 1.29 is 14.0 Å². The van der Waals surface area contributed by atoms with Crippen molar-refractivity contribution in [2.24, 2.45) is 0 Å². The van der Waals surface area contributed by atoms with Gasteiger partial charge in [-0.25, -0.2) is 0 Å². The van der Waals surface area contributed by atoms with Gasteiger partial charge in [-0.2, -0.15) is 0 Å². The lowest BCUT2D eigenvalue weighted by Gasteiger charge is -2.13. The molecule has 0 heterocycles. The Labute approximate surface area is 101 Å². The zero-order chi connectivity index (χ0) is 12.2. The van der Waals surface area contributed by atoms with Crippen molar-refractivity contribution in [1.82, 2.24) is 0 Å². The highest BCUT2D eigenvalue weighted by molar-refractivity contribution is 7.32. The van der Waals surface area contributed by atoms with Crippen LogP contribution in [0.15, 0.2) is 0 Å². The molecule has 3 nitrogen and oxygen atoms in total. The predicted octanol–water partition coefficient (Wildman–Crippen LogP) is 4.30. The summed E-state index contributed by atoms with van der Waals surface area (Å²) in [7, 11) is -2.75. The van der Waals surface area contributed by atoms with Crippen LogP contribution in [0.25, 0.3) is 0 Å². The smallest absolute Gasteiger partial charge is 0.316 e. The summed E-state index contributed by atoms with van der Waals surface area (Å²) in [4.78, 5) is 8.68. The van der Waals surface area contributed by atoms with E-state index < -0.39 is 8.25 Å². The summed E-state index contributed by atoms with van der Waals surface area (Å²) in [5.41, 5.74) is 0. The van der Waals surface area contributed by atoms with Crippen LogP contribution >= 0.6 is 8.25 Å². The van der Waals surface area contributed by atoms with Gasteiger partial charge in [-0.3, -0.25) is 4.57 Å². The summed E-state index contributed by atoms with van der Waals surface area (Å²) < 4.78 is 15.5. The summed E-state index contributed by atoms with van der Waals surface area (Å²) in [6, 6.07) is 0. The summed E-state index contributed by atoms with van der Waals surface area (Å²) in [6.45, 7) is 4.22. The molecule has 2 atom stereocenters. The van der Waals surface area contributed by atoms with Crippen molar-refractivity contribution in [2.45, 2.75) is 77.7 Å². The maximum atomic E-state index is 10.5. The molecule has 0 saturated heterocycles. The molecule has 0 rings (SSSR count). The zero-order valence-electron chi connectivity index (χ0n) is 10.7. The standard InChI is InChI=1S/C12H27O3P/c1-3-5-6-7-8-9-10-11-12(4-2)15-16(13)14/h12,16H,3-11H2,1-2H3,(H,13,14). The predicted molar refractivity (Wildman–Crippen MR) is 69.0 cm³/mol. The fourth-order valence-corrected chi connectivity index (χ4v) is 2.39. The summed E-state index contributed by atoms with van der Waals surface area (Å²) in [6.07, 6.45) is 10.6. The van der Waals surface area contributed by atoms with Gasteiger partial charge in [0.25, 0.3) is 0 Å². The largest absolute Gasteiger partial charge is 0.326 e. The van der Waals surface area contributed by atoms with Gasteiger partial charge < -0.3 is 9.42 Å². The molecule has 0 bridgehead atoms. The molecule has 0 aromatic rings. The highest BCUT2D eigenvalue weighted by Crippen LogP contribution is 2.23. The second-order valence-corrected chi connectivity index (χ2v) is 5.09. The minimum atomic E-state index is -2.75. The molecule has 0 aliphatic carbocycles. The highest BCUT2D eigenvalue weighted by Gasteiger charge is 2.08. The van der Waals surface area contributed by atoms with Crippen molar-refractivity contribution in [1.29, 1.82) is 0 Å². The first kappa shape index (κ1) is 16.1. The minimum absolute atomic E-state index is 0.0213. The van der Waals surface area contributed by atoms with Crippen LogP contribution in [0, 0.1) is 0 Å². The Kier molecular flexibility index (Phi) is 11.7. The van der Waals surface area contributed by atoms with Crippen LogP contribution in [0.1, 0.15) is 71.6 Å². The Morgan fingerprint density at radius 2 is 1.62 bits per heavy atom. The molecule has 0 saturated carbocycles. The van der Waals surface area contributed by atoms with Crippen LogP contribution in [0.5, 0.6) is 0 Å². The molecule has 0 aliphatic heterocycles. The average molecular weight is 250 g/mol. The Bertz CT molecular complexity index is 174. The quantitative estimate of drug-likeness (QED) is 0.439. The van der Waals surface area contributed by atoms with E-state index >= 15 is 0 Å². The Balaban J connectivity index is 3.31. The van der Waals surface area contributed by atoms with Crippen LogP contribution in [0.2, 0.25) is 0 Å². The lowest BCUT2D eigenvalue weighted by atomic mass is 10.1. The first-order valence-corrected chi connectivity index (χ1v) is 7.86. The summed E-state index contributed by atoms with van der Waals surface area (Å²) in [5.74, 6) is 0. The molecule has 2 unspecified atom stereocenters. The molecular formula is C12H27O3P. The first-order chi connectivity index (χ1) is 7.70. The van der Waals surface area contributed by atoms with Crippen LogP contribution in [0.3, 0.4) is 0 Å². The van der Waals surface area contributed by atoms with E-state index in [2.05, 4.69) is 6.92 Å². The Morgan fingerprint density at radius 1 is 1.06 bits per heavy atom. The Morgan fingerprint density at radius 3 is 2.12 bits per heavy atom. The molecule has 1 N–H and O–H groups in total. The molecule has 0 amide bonds. The number of unbranched alkanes of at least 4 members (excludes halogenated alkanes) is 6. The van der Waals surface area contributed by atoms with E-state index in [-0.39, 0.29) is 6.10 Å². The first-order valence-electron chi connectivity index (χ1n) is 6.60. The fraction of sp³-hybridized carbons (Fsp3) is 1.00. The molecule has 4 heteroatoms. The second-order valence-electron chi connectivity index (χ2n) is 4.32. The molecule has 0 spiro atoms. The molecule has 16 heavy (non-hydrogen) atoms. The third-order valence-electron chi connectivity index (χ3n) is 2.85. The molecular weight excluding hydrogens is 223 g/mol. The van der Waals surface area contributed by atoms with Gasteiger partial charge in [0.2, 0.25) is 0 Å². The normalized spacial score (nSPS) is 14.9. The minimum Gasteiger partial charge on any atom is -0.326 e. The van der Waals surface area contributed by atoms with E-state index in [0.717, 1.165) is 19.3 Å². The van der Waals surface area contributed by atoms with Crippen molar-refractivity contribution in [3.63, 3.8) is 0 Å². The highest BCUT2D eigenvalue weighted by atomic mass is 31.1. The molecule has 98 valence electrons. The van der Waals surface area contributed by atoms with Crippen LogP contribution in [-0.2, 0) is 9.09 Å². The van der Waals surface area contributed by atoms with E-state index in [4.69, 9.17) is 9.42 Å². The lowest BCUT2D eigenvalue weighted by Crippen LogP contribution is -2.06. The summed E-state index contributed by atoms with van der Waals surface area (Å²) in [5, 5.41) is 0. The van der Waals surface area contributed by atoms with E-state index in [1.54, 1.807) is 0 Å². The second kappa shape index (κ2) is 11.6. The van der Waals surface area contributed by atoms with Gasteiger partial charge in [-0.15, -0.1) is 0 Å². The topological polar surface area (TPSA) is 46.5 Å². The van der Waals surface area contributed by atoms with Gasteiger partial charge in [0, 0.05) is 0 Å². The molecule has 0 radical (unpaired) electrons. The van der Waals surface area contributed by atoms with E-state index in [1.165, 1.54) is 38.5 Å². The van der Waals surface area contributed by atoms with Crippen LogP contribution in [-0.4, -0.2) is 11.0 Å². The average Bonchev–Trinajstić information content (AvgIpc) is 2.25. The zero-order valence-corrected chi connectivity index (χ0v) is 11.7. The van der Waals surface area contributed by atoms with Gasteiger partial charge in [0.05, 0.1) is 6.10 Å². The van der Waals surface area contributed by atoms with Crippen molar-refractivity contribution >= 4 is 8.25 Å². The van der Waals surface area contributed by atoms with Crippen molar-refractivity contribution in [3.8, 4) is 0 Å². The van der Waals surface area contributed by atoms with Crippen molar-refractivity contribution in [2.75, 3.05) is 0 Å². The number of hydrogen-bond acceptors (Lipinski definition) is 2. The van der Waals surface area contributed by atoms with E-state index in [1.807, 2.05) is 6.92 Å². The lowest BCUT2D eigenvalue weighted by molar-refractivity contribution is 0.171. The Hall–Kier alpha value is 0.150. The van der Waals surface area contributed by atoms with Gasteiger partial charge in [-0.1, -0.05) is 58.8 Å². The molecule has 0 fully saturated rings. The number of rotatable bonds is 11. The summed E-state index contributed by atoms with van der Waals surface area (Å²) >= 11 is 0. The van der Waals surface area contributed by atoms with Crippen LogP contribution < -0.4 is 0 Å². The van der Waals surface area contributed by atoms with Gasteiger partial charge in [0.1, 0.15) is 0 Å². The maximum absolute atomic E-state index is 10.5. The molecule has 0 aromatic heterocycles. The van der Waals surface area contributed by atoms with Gasteiger partial charge in [-0.05, 0) is 12.8 Å². The fourth-order valence-electron chi connectivity index (χ4n) is 1.82. The molecule has 0 aromatic carbocycles. The van der Waals surface area contributed by atoms with Gasteiger partial charge >= 0.3 is 8.25 Å². The monoisotopic (exact) mass is 250 g/mol. The van der Waals surface area contributed by atoms with E-state index in [9.17, 15) is 4.57 Å².